The fourth-order valence-corrected chi connectivity index (χ4v) is 4.55. The van der Waals surface area contributed by atoms with Crippen molar-refractivity contribution < 1.29 is 19.7 Å². The zero-order chi connectivity index (χ0) is 21.1. The molecule has 0 spiro atoms. The molecule has 4 nitrogen and oxygen atoms in total. The van der Waals surface area contributed by atoms with E-state index in [1.54, 1.807) is 23.5 Å². The second kappa shape index (κ2) is 8.43. The number of rotatable bonds is 6. The Morgan fingerprint density at radius 1 is 1.07 bits per heavy atom. The van der Waals surface area contributed by atoms with Gasteiger partial charge in [0.1, 0.15) is 11.5 Å². The number of aromatic hydroxyl groups is 1. The van der Waals surface area contributed by atoms with Crippen molar-refractivity contribution in [1.29, 1.82) is 0 Å². The number of thiophene rings is 1. The first-order chi connectivity index (χ1) is 14.5. The zero-order valence-electron chi connectivity index (χ0n) is 16.3. The highest BCUT2D eigenvalue weighted by molar-refractivity contribution is 7.22. The molecule has 0 aliphatic rings. The number of phenols is 1. The molecule has 0 bridgehead atoms. The normalized spacial score (nSPS) is 11.2. The molecule has 0 unspecified atom stereocenters. The maximum absolute atomic E-state index is 10.7. The van der Waals surface area contributed by atoms with Crippen LogP contribution < -0.4 is 4.74 Å². The minimum Gasteiger partial charge on any atom is -0.508 e. The minimum atomic E-state index is -0.984. The zero-order valence-corrected chi connectivity index (χ0v) is 17.1. The number of fused-ring (bicyclic) bond motifs is 1. The van der Waals surface area contributed by atoms with Gasteiger partial charge in [0.2, 0.25) is 0 Å². The summed E-state index contributed by atoms with van der Waals surface area (Å²) in [5.74, 6) is 0.651. The number of carboxylic acids is 1. The highest BCUT2D eigenvalue weighted by Gasteiger charge is 2.18. The van der Waals surface area contributed by atoms with Crippen molar-refractivity contribution in [3.8, 4) is 27.7 Å². The molecular weight excluding hydrogens is 396 g/mol. The lowest BCUT2D eigenvalue weighted by Gasteiger charge is -2.11. The Hall–Kier alpha value is -3.57. The molecule has 150 valence electrons. The van der Waals surface area contributed by atoms with E-state index in [0.29, 0.717) is 5.75 Å². The number of carbonyl (C=O) groups is 1. The maximum atomic E-state index is 10.7. The highest BCUT2D eigenvalue weighted by Crippen LogP contribution is 2.48. The number of carboxylic acid groups (broad SMARTS) is 1. The van der Waals surface area contributed by atoms with Gasteiger partial charge in [-0.1, -0.05) is 43.3 Å². The topological polar surface area (TPSA) is 66.8 Å². The molecule has 0 aliphatic heterocycles. The molecule has 0 atom stereocenters. The second-order valence-electron chi connectivity index (χ2n) is 6.79. The molecule has 1 aromatic heterocycles. The summed E-state index contributed by atoms with van der Waals surface area (Å²) >= 11 is 1.59. The van der Waals surface area contributed by atoms with Crippen molar-refractivity contribution in [1.82, 2.24) is 0 Å². The molecular formula is C25H20O4S. The third kappa shape index (κ3) is 4.07. The fourth-order valence-electron chi connectivity index (χ4n) is 3.32. The van der Waals surface area contributed by atoms with E-state index in [1.165, 1.54) is 11.6 Å². The summed E-state index contributed by atoms with van der Waals surface area (Å²) in [5, 5.41) is 19.6. The smallest absolute Gasteiger partial charge is 0.328 e. The standard InChI is InChI=1S/C25H20O4S/c1-2-17-5-3-4-6-20(17)25-24(21-13-10-18(26)15-22(21)30-25)29-19-11-7-16(8-12-19)9-14-23(27)28/h3-15,26H,2H2,1H3,(H,27,28)/b14-9+. The summed E-state index contributed by atoms with van der Waals surface area (Å²) in [6, 6.07) is 20.8. The van der Waals surface area contributed by atoms with E-state index >= 15 is 0 Å². The van der Waals surface area contributed by atoms with Gasteiger partial charge >= 0.3 is 5.97 Å². The van der Waals surface area contributed by atoms with Crippen molar-refractivity contribution in [2.45, 2.75) is 13.3 Å². The average molecular weight is 416 g/mol. The van der Waals surface area contributed by atoms with Gasteiger partial charge in [0.25, 0.3) is 0 Å². The summed E-state index contributed by atoms with van der Waals surface area (Å²) in [4.78, 5) is 11.7. The van der Waals surface area contributed by atoms with E-state index in [4.69, 9.17) is 9.84 Å². The molecule has 0 fully saturated rings. The third-order valence-electron chi connectivity index (χ3n) is 4.79. The molecule has 1 heterocycles. The quantitative estimate of drug-likeness (QED) is 0.342. The molecule has 2 N–H and O–H groups in total. The van der Waals surface area contributed by atoms with Gasteiger partial charge in [0, 0.05) is 16.2 Å². The van der Waals surface area contributed by atoms with Crippen LogP contribution in [-0.4, -0.2) is 16.2 Å². The Morgan fingerprint density at radius 2 is 1.83 bits per heavy atom. The van der Waals surface area contributed by atoms with Gasteiger partial charge in [0.05, 0.1) is 4.88 Å². The van der Waals surface area contributed by atoms with Crippen LogP contribution in [0.2, 0.25) is 0 Å². The Morgan fingerprint density at radius 3 is 2.57 bits per heavy atom. The number of benzene rings is 3. The molecule has 3 aromatic carbocycles. The number of hydrogen-bond donors (Lipinski definition) is 2. The van der Waals surface area contributed by atoms with E-state index in [0.717, 1.165) is 44.3 Å². The lowest BCUT2D eigenvalue weighted by Crippen LogP contribution is -1.89. The van der Waals surface area contributed by atoms with Crippen molar-refractivity contribution in [2.75, 3.05) is 0 Å². The Bertz CT molecular complexity index is 1240. The maximum Gasteiger partial charge on any atom is 0.328 e. The van der Waals surface area contributed by atoms with Gasteiger partial charge in [-0.15, -0.1) is 11.3 Å². The minimum absolute atomic E-state index is 0.222. The second-order valence-corrected chi connectivity index (χ2v) is 7.85. The summed E-state index contributed by atoms with van der Waals surface area (Å²) in [6.07, 6.45) is 3.55. The summed E-state index contributed by atoms with van der Waals surface area (Å²) < 4.78 is 7.28. The first kappa shape index (κ1) is 19.7. The fraction of sp³-hybridized carbons (Fsp3) is 0.0800. The number of phenolic OH excluding ortho intramolecular Hbond substituents is 1. The first-order valence-corrected chi connectivity index (χ1v) is 10.4. The van der Waals surface area contributed by atoms with Crippen LogP contribution in [0.5, 0.6) is 17.2 Å². The third-order valence-corrected chi connectivity index (χ3v) is 5.96. The van der Waals surface area contributed by atoms with Crippen LogP contribution >= 0.6 is 11.3 Å². The lowest BCUT2D eigenvalue weighted by atomic mass is 10.0. The van der Waals surface area contributed by atoms with E-state index < -0.39 is 5.97 Å². The molecule has 5 heteroatoms. The van der Waals surface area contributed by atoms with Crippen LogP contribution in [0.25, 0.3) is 26.6 Å². The first-order valence-electron chi connectivity index (χ1n) is 9.58. The molecule has 4 rings (SSSR count). The molecule has 4 aromatic rings. The molecule has 30 heavy (non-hydrogen) atoms. The van der Waals surface area contributed by atoms with Crippen molar-refractivity contribution >= 4 is 33.5 Å². The predicted octanol–water partition coefficient (Wildman–Crippen LogP) is 6.73. The van der Waals surface area contributed by atoms with Crippen LogP contribution in [0, 0.1) is 0 Å². The van der Waals surface area contributed by atoms with Crippen molar-refractivity contribution in [3.63, 3.8) is 0 Å². The van der Waals surface area contributed by atoms with E-state index in [9.17, 15) is 9.90 Å². The summed E-state index contributed by atoms with van der Waals surface area (Å²) in [7, 11) is 0. The highest BCUT2D eigenvalue weighted by atomic mass is 32.1. The Balaban J connectivity index is 1.78. The largest absolute Gasteiger partial charge is 0.508 e. The van der Waals surface area contributed by atoms with Crippen molar-refractivity contribution in [3.05, 3.63) is 83.9 Å². The average Bonchev–Trinajstić information content (AvgIpc) is 3.10. The molecule has 0 amide bonds. The van der Waals surface area contributed by atoms with Gasteiger partial charge in [-0.25, -0.2) is 4.79 Å². The van der Waals surface area contributed by atoms with Crippen LogP contribution in [0.15, 0.2) is 72.8 Å². The monoisotopic (exact) mass is 416 g/mol. The van der Waals surface area contributed by atoms with Crippen molar-refractivity contribution in [2.24, 2.45) is 0 Å². The number of hydrogen-bond acceptors (Lipinski definition) is 4. The Labute approximate surface area is 178 Å². The SMILES string of the molecule is CCc1ccccc1-c1sc2cc(O)ccc2c1Oc1ccc(/C=C/C(=O)O)cc1. The van der Waals surface area contributed by atoms with Gasteiger partial charge in [-0.2, -0.15) is 0 Å². The number of ether oxygens (including phenoxy) is 1. The van der Waals surface area contributed by atoms with Gasteiger partial charge in [0.15, 0.2) is 5.75 Å². The van der Waals surface area contributed by atoms with Gasteiger partial charge in [-0.05, 0) is 59.5 Å². The summed E-state index contributed by atoms with van der Waals surface area (Å²) in [5.41, 5.74) is 3.13. The van der Waals surface area contributed by atoms with E-state index in [-0.39, 0.29) is 5.75 Å². The number of aliphatic carboxylic acids is 1. The lowest BCUT2D eigenvalue weighted by molar-refractivity contribution is -0.131. The van der Waals surface area contributed by atoms with E-state index in [1.807, 2.05) is 42.5 Å². The van der Waals surface area contributed by atoms with Gasteiger partial charge < -0.3 is 14.9 Å². The molecule has 0 aliphatic carbocycles. The summed E-state index contributed by atoms with van der Waals surface area (Å²) in [6.45, 7) is 2.13. The molecule has 0 saturated heterocycles. The van der Waals surface area contributed by atoms with Crippen LogP contribution in [0.4, 0.5) is 0 Å². The number of aryl methyl sites for hydroxylation is 1. The van der Waals surface area contributed by atoms with Crippen LogP contribution in [0.3, 0.4) is 0 Å². The van der Waals surface area contributed by atoms with Crippen LogP contribution in [-0.2, 0) is 11.2 Å². The van der Waals surface area contributed by atoms with E-state index in [2.05, 4.69) is 19.1 Å². The molecule has 0 saturated carbocycles. The molecule has 0 radical (unpaired) electrons. The van der Waals surface area contributed by atoms with Crippen LogP contribution in [0.1, 0.15) is 18.1 Å². The predicted molar refractivity (Wildman–Crippen MR) is 121 cm³/mol. The Kier molecular flexibility index (Phi) is 5.55. The van der Waals surface area contributed by atoms with Gasteiger partial charge in [-0.3, -0.25) is 0 Å².